The Hall–Kier alpha value is -2.50. The summed E-state index contributed by atoms with van der Waals surface area (Å²) >= 11 is 0. The van der Waals surface area contributed by atoms with Crippen LogP contribution in [0.2, 0.25) is 0 Å². The summed E-state index contributed by atoms with van der Waals surface area (Å²) in [6, 6.07) is 0. The van der Waals surface area contributed by atoms with Gasteiger partial charge < -0.3 is 18.9 Å². The largest absolute Gasteiger partial charge is 0.462 e. The van der Waals surface area contributed by atoms with E-state index in [4.69, 9.17) is 18.9 Å². The highest BCUT2D eigenvalue weighted by Crippen LogP contribution is 2.42. The molecule has 0 bridgehead atoms. The maximum absolute atomic E-state index is 14.9. The maximum atomic E-state index is 14.9. The highest BCUT2D eigenvalue weighted by Gasteiger charge is 2.50. The molecule has 0 radical (unpaired) electrons. The predicted octanol–water partition coefficient (Wildman–Crippen LogP) is 9.53. The molecule has 3 rings (SSSR count). The molecule has 3 aliphatic rings. The third kappa shape index (κ3) is 14.0. The van der Waals surface area contributed by atoms with Crippen molar-refractivity contribution in [2.45, 2.75) is 240 Å². The topological polar surface area (TPSA) is 115 Å². The van der Waals surface area contributed by atoms with E-state index in [0.717, 1.165) is 0 Å². The number of nitrogens with zero attached hydrogens (tertiary/aromatic N) is 3. The van der Waals surface area contributed by atoms with E-state index in [2.05, 4.69) is 146 Å². The van der Waals surface area contributed by atoms with Crippen molar-refractivity contribution in [2.24, 2.45) is 22.7 Å². The molecule has 3 atom stereocenters. The van der Waals surface area contributed by atoms with Crippen LogP contribution < -0.4 is 0 Å². The molecule has 3 unspecified atom stereocenters. The third-order valence-electron chi connectivity index (χ3n) is 15.0. The molecule has 3 aliphatic heterocycles. The number of piperidine rings is 3. The number of likely N-dealkylation sites (tertiary alicyclic amines) is 3. The van der Waals surface area contributed by atoms with Crippen molar-refractivity contribution in [2.75, 3.05) is 21.1 Å². The fraction of sp³-hybridized carbons (Fsp3) is 0.880. The second kappa shape index (κ2) is 18.5. The number of carbonyl (C=O) groups is 4. The van der Waals surface area contributed by atoms with Gasteiger partial charge in [0.25, 0.3) is 0 Å². The van der Waals surface area contributed by atoms with Crippen molar-refractivity contribution < 1.29 is 38.1 Å². The zero-order valence-corrected chi connectivity index (χ0v) is 42.4. The standard InChI is InChI=1S/C50H89N3O8/c1-22-44(5,6)26-33(25-43(2,3)4)60-41(56)37(23-39(54)58-34-27-45(7,8)51(19)46(9,10)28-34)38(42(57)61-36-31-49(15,16)53(21)50(17,18)32-36)24-40(55)59-35-29-47(11,12)52(20)48(13,14)30-35/h22,33-38H,1,23-32H2,2-21H3. The summed E-state index contributed by atoms with van der Waals surface area (Å²) in [5.74, 6) is -5.40. The Morgan fingerprint density at radius 2 is 0.836 bits per heavy atom. The Balaban J connectivity index is 2.10. The Morgan fingerprint density at radius 3 is 1.13 bits per heavy atom. The zero-order valence-electron chi connectivity index (χ0n) is 42.4. The van der Waals surface area contributed by atoms with E-state index in [1.807, 2.05) is 19.9 Å². The molecule has 11 nitrogen and oxygen atoms in total. The highest BCUT2D eigenvalue weighted by atomic mass is 16.6. The van der Waals surface area contributed by atoms with Crippen LogP contribution >= 0.6 is 0 Å². The summed E-state index contributed by atoms with van der Waals surface area (Å²) in [5.41, 5.74) is -2.21. The Labute approximate surface area is 371 Å². The van der Waals surface area contributed by atoms with Crippen LogP contribution in [0.25, 0.3) is 0 Å². The van der Waals surface area contributed by atoms with E-state index in [9.17, 15) is 19.2 Å². The van der Waals surface area contributed by atoms with Crippen LogP contribution in [0.3, 0.4) is 0 Å². The van der Waals surface area contributed by atoms with Crippen molar-refractivity contribution in [3.8, 4) is 0 Å². The van der Waals surface area contributed by atoms with Crippen molar-refractivity contribution in [3.63, 3.8) is 0 Å². The second-order valence-electron chi connectivity index (χ2n) is 24.9. The Morgan fingerprint density at radius 1 is 0.541 bits per heavy atom. The fourth-order valence-corrected chi connectivity index (χ4v) is 10.7. The molecule has 11 heteroatoms. The lowest BCUT2D eigenvalue weighted by Crippen LogP contribution is -2.60. The molecular formula is C50H89N3O8. The van der Waals surface area contributed by atoms with Crippen LogP contribution in [0.4, 0.5) is 0 Å². The molecule has 0 spiro atoms. The quantitative estimate of drug-likeness (QED) is 0.0891. The molecule has 0 amide bonds. The molecule has 3 fully saturated rings. The van der Waals surface area contributed by atoms with Crippen LogP contribution in [-0.4, -0.2) is 117 Å². The molecule has 0 N–H and O–H groups in total. The summed E-state index contributed by atoms with van der Waals surface area (Å²) in [6.45, 7) is 39.9. The van der Waals surface area contributed by atoms with Gasteiger partial charge >= 0.3 is 23.9 Å². The number of hydrogen-bond acceptors (Lipinski definition) is 11. The Bertz CT molecular complexity index is 1530. The molecule has 0 saturated carbocycles. The van der Waals surface area contributed by atoms with Crippen LogP contribution in [0.1, 0.15) is 182 Å². The first-order valence-corrected chi connectivity index (χ1v) is 23.0. The lowest BCUT2D eigenvalue weighted by atomic mass is 9.78. The molecule has 0 aromatic heterocycles. The SMILES string of the molecule is C=CC(C)(C)CC(CC(C)(C)C)OC(=O)C(CC(=O)OC1CC(C)(C)N(C)C(C)(C)C1)C(CC(=O)OC1CC(C)(C)N(C)C(C)(C)C1)C(=O)OC1CC(C)(C)N(C)C(C)(C)C1. The first-order valence-electron chi connectivity index (χ1n) is 23.0. The number of allylic oxidation sites excluding steroid dienone is 1. The molecular weight excluding hydrogens is 771 g/mol. The monoisotopic (exact) mass is 860 g/mol. The second-order valence-corrected chi connectivity index (χ2v) is 24.9. The molecule has 3 saturated heterocycles. The van der Waals surface area contributed by atoms with Crippen molar-refractivity contribution in [3.05, 3.63) is 12.7 Å². The Kier molecular flexibility index (Phi) is 16.1. The van der Waals surface area contributed by atoms with Gasteiger partial charge in [0.2, 0.25) is 0 Å². The number of esters is 4. The first kappa shape index (κ1) is 52.8. The van der Waals surface area contributed by atoms with Gasteiger partial charge in [0, 0.05) is 71.8 Å². The van der Waals surface area contributed by atoms with E-state index in [-0.39, 0.29) is 44.1 Å². The summed E-state index contributed by atoms with van der Waals surface area (Å²) in [6.07, 6.45) is 3.59. The number of ether oxygens (including phenoxy) is 4. The average molecular weight is 860 g/mol. The number of carbonyl (C=O) groups excluding carboxylic acids is 4. The fourth-order valence-electron chi connectivity index (χ4n) is 10.7. The van der Waals surface area contributed by atoms with Crippen LogP contribution in [0, 0.1) is 22.7 Å². The van der Waals surface area contributed by atoms with E-state index >= 15 is 0 Å². The molecule has 61 heavy (non-hydrogen) atoms. The maximum Gasteiger partial charge on any atom is 0.310 e. The highest BCUT2D eigenvalue weighted by molar-refractivity contribution is 5.88. The van der Waals surface area contributed by atoms with Gasteiger partial charge in [0.15, 0.2) is 0 Å². The normalized spacial score (nSPS) is 25.1. The van der Waals surface area contributed by atoms with Crippen molar-refractivity contribution in [1.29, 1.82) is 0 Å². The smallest absolute Gasteiger partial charge is 0.310 e. The van der Waals surface area contributed by atoms with E-state index < -0.39 is 73.0 Å². The number of rotatable bonds is 15. The van der Waals surface area contributed by atoms with Gasteiger partial charge in [-0.3, -0.25) is 33.9 Å². The van der Waals surface area contributed by atoms with Gasteiger partial charge in [-0.1, -0.05) is 40.7 Å². The van der Waals surface area contributed by atoms with Crippen molar-refractivity contribution in [1.82, 2.24) is 14.7 Å². The lowest BCUT2D eigenvalue weighted by molar-refractivity contribution is -0.180. The van der Waals surface area contributed by atoms with Gasteiger partial charge in [-0.2, -0.15) is 0 Å². The van der Waals surface area contributed by atoms with Crippen LogP contribution in [0.5, 0.6) is 0 Å². The summed E-state index contributed by atoms with van der Waals surface area (Å²) < 4.78 is 25.3. The van der Waals surface area contributed by atoms with Gasteiger partial charge in [-0.25, -0.2) is 0 Å². The third-order valence-corrected chi connectivity index (χ3v) is 15.0. The first-order chi connectivity index (χ1) is 27.3. The van der Waals surface area contributed by atoms with E-state index in [1.54, 1.807) is 0 Å². The molecule has 3 heterocycles. The average Bonchev–Trinajstić information content (AvgIpc) is 3.04. The van der Waals surface area contributed by atoms with E-state index in [1.165, 1.54) is 0 Å². The van der Waals surface area contributed by atoms with Gasteiger partial charge in [0.05, 0.1) is 24.7 Å². The minimum Gasteiger partial charge on any atom is -0.462 e. The lowest BCUT2D eigenvalue weighted by Gasteiger charge is -2.53. The minimum atomic E-state index is -1.37. The molecule has 352 valence electrons. The summed E-state index contributed by atoms with van der Waals surface area (Å²) in [7, 11) is 6.25. The molecule has 0 aromatic carbocycles. The predicted molar refractivity (Wildman–Crippen MR) is 244 cm³/mol. The summed E-state index contributed by atoms with van der Waals surface area (Å²) in [5, 5.41) is 0. The molecule has 0 aromatic rings. The minimum absolute atomic E-state index is 0.212. The van der Waals surface area contributed by atoms with Crippen LogP contribution in [-0.2, 0) is 38.1 Å². The van der Waals surface area contributed by atoms with E-state index in [0.29, 0.717) is 51.4 Å². The molecule has 0 aliphatic carbocycles. The zero-order chi connectivity index (χ0) is 47.1. The van der Waals surface area contributed by atoms with Gasteiger partial charge in [-0.05, 0) is 128 Å². The van der Waals surface area contributed by atoms with Crippen LogP contribution in [0.15, 0.2) is 12.7 Å². The van der Waals surface area contributed by atoms with Gasteiger partial charge in [0.1, 0.15) is 24.4 Å². The van der Waals surface area contributed by atoms with Crippen molar-refractivity contribution >= 4 is 23.9 Å². The number of hydrogen-bond donors (Lipinski definition) is 0. The summed E-state index contributed by atoms with van der Waals surface area (Å²) in [4.78, 5) is 65.3. The van der Waals surface area contributed by atoms with Gasteiger partial charge in [-0.15, -0.1) is 6.58 Å².